The molecule has 1 amide bonds. The van der Waals surface area contributed by atoms with Gasteiger partial charge in [0.25, 0.3) is 15.9 Å². The second kappa shape index (κ2) is 8.34. The third-order valence-corrected chi connectivity index (χ3v) is 8.33. The van der Waals surface area contributed by atoms with Crippen LogP contribution in [0.4, 0.5) is 5.69 Å². The van der Waals surface area contributed by atoms with Gasteiger partial charge in [-0.05, 0) is 64.7 Å². The molecule has 26 heavy (non-hydrogen) atoms. The normalized spacial score (nSPS) is 16.5. The smallest absolute Gasteiger partial charge is 0.279 e. The highest BCUT2D eigenvalue weighted by molar-refractivity contribution is 14.1. The lowest BCUT2D eigenvalue weighted by Gasteiger charge is -2.30. The largest absolute Gasteiger partial charge is 0.325 e. The Labute approximate surface area is 171 Å². The molecule has 0 unspecified atom stereocenters. The van der Waals surface area contributed by atoms with Crippen LogP contribution in [-0.2, 0) is 14.8 Å². The number of nitrogens with one attached hydrogen (secondary N) is 2. The molecule has 2 N–H and O–H groups in total. The number of piperazine rings is 1. The predicted octanol–water partition coefficient (Wildman–Crippen LogP) is 1.19. The van der Waals surface area contributed by atoms with Crippen LogP contribution >= 0.6 is 33.9 Å². The Bertz CT molecular complexity index is 877. The molecule has 2 aromatic rings. The van der Waals surface area contributed by atoms with Gasteiger partial charge in [0.2, 0.25) is 0 Å². The zero-order chi connectivity index (χ0) is 18.7. The van der Waals surface area contributed by atoms with E-state index in [-0.39, 0.29) is 5.91 Å². The van der Waals surface area contributed by atoms with Crippen molar-refractivity contribution in [2.75, 3.05) is 38.0 Å². The van der Waals surface area contributed by atoms with Crippen molar-refractivity contribution in [3.63, 3.8) is 0 Å². The molecule has 0 spiro atoms. The van der Waals surface area contributed by atoms with E-state index in [9.17, 15) is 13.2 Å². The van der Waals surface area contributed by atoms with E-state index in [4.69, 9.17) is 0 Å². The van der Waals surface area contributed by atoms with Gasteiger partial charge in [0.15, 0.2) is 6.54 Å². The van der Waals surface area contributed by atoms with Crippen molar-refractivity contribution < 1.29 is 18.1 Å². The van der Waals surface area contributed by atoms with Crippen molar-refractivity contribution in [3.05, 3.63) is 44.8 Å². The summed E-state index contributed by atoms with van der Waals surface area (Å²) in [6.07, 6.45) is 0. The van der Waals surface area contributed by atoms with Crippen LogP contribution in [0.3, 0.4) is 0 Å². The molecule has 0 radical (unpaired) electrons. The SMILES string of the molecule is Cc1cc(I)ccc1NC(=O)C[NH+]1CCN(S(=O)(=O)c2cccs2)CC1. The molecule has 140 valence electrons. The number of quaternary nitrogens is 1. The average Bonchev–Trinajstić information content (AvgIpc) is 3.13. The highest BCUT2D eigenvalue weighted by Crippen LogP contribution is 2.20. The van der Waals surface area contributed by atoms with E-state index >= 15 is 0 Å². The van der Waals surface area contributed by atoms with Crippen molar-refractivity contribution in [3.8, 4) is 0 Å². The van der Waals surface area contributed by atoms with E-state index in [2.05, 4.69) is 27.9 Å². The van der Waals surface area contributed by atoms with E-state index in [0.29, 0.717) is 36.9 Å². The Hall–Kier alpha value is -1.01. The van der Waals surface area contributed by atoms with Crippen molar-refractivity contribution in [2.24, 2.45) is 0 Å². The van der Waals surface area contributed by atoms with Gasteiger partial charge in [0, 0.05) is 9.26 Å². The third kappa shape index (κ3) is 4.63. The molecule has 0 bridgehead atoms. The Kier molecular flexibility index (Phi) is 6.33. The zero-order valence-electron chi connectivity index (χ0n) is 14.4. The second-order valence-electron chi connectivity index (χ2n) is 6.27. The summed E-state index contributed by atoms with van der Waals surface area (Å²) in [5, 5.41) is 4.72. The van der Waals surface area contributed by atoms with Gasteiger partial charge in [-0.3, -0.25) is 4.79 Å². The summed E-state index contributed by atoms with van der Waals surface area (Å²) in [6, 6.07) is 9.28. The van der Waals surface area contributed by atoms with Crippen LogP contribution in [0.15, 0.2) is 39.9 Å². The zero-order valence-corrected chi connectivity index (χ0v) is 18.2. The summed E-state index contributed by atoms with van der Waals surface area (Å²) in [6.45, 7) is 4.45. The van der Waals surface area contributed by atoms with Crippen LogP contribution < -0.4 is 10.2 Å². The number of carbonyl (C=O) groups is 1. The fraction of sp³-hybridized carbons (Fsp3) is 0.353. The highest BCUT2D eigenvalue weighted by atomic mass is 127. The number of rotatable bonds is 5. The fourth-order valence-corrected chi connectivity index (χ4v) is 6.18. The molecule has 0 atom stereocenters. The van der Waals surface area contributed by atoms with Crippen LogP contribution in [0, 0.1) is 10.5 Å². The molecule has 1 fully saturated rings. The molecule has 1 aromatic heterocycles. The lowest BCUT2D eigenvalue weighted by Crippen LogP contribution is -3.15. The summed E-state index contributed by atoms with van der Waals surface area (Å²) < 4.78 is 28.1. The molecule has 9 heteroatoms. The van der Waals surface area contributed by atoms with Gasteiger partial charge < -0.3 is 10.2 Å². The molecule has 2 heterocycles. The summed E-state index contributed by atoms with van der Waals surface area (Å²) in [5.74, 6) is -0.0427. The molecule has 1 saturated heterocycles. The number of aryl methyl sites for hydroxylation is 1. The van der Waals surface area contributed by atoms with Gasteiger partial charge in [0.1, 0.15) is 4.21 Å². The predicted molar refractivity (Wildman–Crippen MR) is 111 cm³/mol. The average molecular weight is 506 g/mol. The molecule has 1 aliphatic heterocycles. The van der Waals surface area contributed by atoms with Gasteiger partial charge in [-0.1, -0.05) is 6.07 Å². The molecule has 1 aliphatic rings. The fourth-order valence-electron chi connectivity index (χ4n) is 2.95. The quantitative estimate of drug-likeness (QED) is 0.599. The molecule has 6 nitrogen and oxygen atoms in total. The first kappa shape index (κ1) is 19.7. The maximum absolute atomic E-state index is 12.5. The summed E-state index contributed by atoms with van der Waals surface area (Å²) in [5.41, 5.74) is 1.86. The summed E-state index contributed by atoms with van der Waals surface area (Å²) in [7, 11) is -3.39. The van der Waals surface area contributed by atoms with Crippen LogP contribution in [-0.4, -0.2) is 51.4 Å². The number of nitrogens with zero attached hydrogens (tertiary/aromatic N) is 1. The first-order valence-corrected chi connectivity index (χ1v) is 11.7. The van der Waals surface area contributed by atoms with Crippen molar-refractivity contribution in [1.29, 1.82) is 0 Å². The van der Waals surface area contributed by atoms with Gasteiger partial charge in [-0.15, -0.1) is 11.3 Å². The number of thiophene rings is 1. The van der Waals surface area contributed by atoms with Crippen LogP contribution in [0.1, 0.15) is 5.56 Å². The minimum Gasteiger partial charge on any atom is -0.325 e. The number of halogens is 1. The Balaban J connectivity index is 1.53. The molecular formula is C17H21IN3O3S2+. The first-order valence-electron chi connectivity index (χ1n) is 8.29. The number of anilines is 1. The van der Waals surface area contributed by atoms with E-state index in [1.807, 2.05) is 25.1 Å². The molecule has 3 rings (SSSR count). The Morgan fingerprint density at radius 3 is 2.65 bits per heavy atom. The number of sulfonamides is 1. The van der Waals surface area contributed by atoms with Gasteiger partial charge in [-0.25, -0.2) is 8.42 Å². The minimum absolute atomic E-state index is 0.0427. The molecule has 1 aromatic carbocycles. The Morgan fingerprint density at radius 1 is 1.31 bits per heavy atom. The van der Waals surface area contributed by atoms with Crippen LogP contribution in [0.2, 0.25) is 0 Å². The van der Waals surface area contributed by atoms with Gasteiger partial charge in [0.05, 0.1) is 26.2 Å². The number of benzene rings is 1. The molecule has 0 aliphatic carbocycles. The summed E-state index contributed by atoms with van der Waals surface area (Å²) in [4.78, 5) is 13.4. The highest BCUT2D eigenvalue weighted by Gasteiger charge is 2.31. The van der Waals surface area contributed by atoms with Crippen LogP contribution in [0.25, 0.3) is 0 Å². The lowest BCUT2D eigenvalue weighted by atomic mass is 10.2. The number of hydrogen-bond acceptors (Lipinski definition) is 4. The number of hydrogen-bond donors (Lipinski definition) is 2. The van der Waals surface area contributed by atoms with Crippen LogP contribution in [0.5, 0.6) is 0 Å². The number of amides is 1. The van der Waals surface area contributed by atoms with Gasteiger partial charge >= 0.3 is 0 Å². The minimum atomic E-state index is -3.39. The maximum Gasteiger partial charge on any atom is 0.279 e. The monoisotopic (exact) mass is 506 g/mol. The maximum atomic E-state index is 12.5. The second-order valence-corrected chi connectivity index (χ2v) is 10.6. The van der Waals surface area contributed by atoms with Crippen molar-refractivity contribution in [1.82, 2.24) is 4.31 Å². The summed E-state index contributed by atoms with van der Waals surface area (Å²) >= 11 is 3.48. The van der Waals surface area contributed by atoms with Crippen molar-refractivity contribution >= 4 is 55.5 Å². The number of carbonyl (C=O) groups excluding carboxylic acids is 1. The van der Waals surface area contributed by atoms with E-state index in [1.165, 1.54) is 15.6 Å². The lowest BCUT2D eigenvalue weighted by molar-refractivity contribution is -0.895. The van der Waals surface area contributed by atoms with Gasteiger partial charge in [-0.2, -0.15) is 4.31 Å². The van der Waals surface area contributed by atoms with E-state index in [0.717, 1.165) is 19.7 Å². The Morgan fingerprint density at radius 2 is 2.04 bits per heavy atom. The van der Waals surface area contributed by atoms with Crippen molar-refractivity contribution in [2.45, 2.75) is 11.1 Å². The topological polar surface area (TPSA) is 70.9 Å². The van der Waals surface area contributed by atoms with E-state index in [1.54, 1.807) is 17.5 Å². The third-order valence-electron chi connectivity index (χ3n) is 4.39. The van der Waals surface area contributed by atoms with E-state index < -0.39 is 10.0 Å². The standard InChI is InChI=1S/C17H20IN3O3S2/c1-13-11-14(18)4-5-15(13)19-16(22)12-20-6-8-21(9-7-20)26(23,24)17-3-2-10-25-17/h2-5,10-11H,6-9,12H2,1H3,(H,19,22)/p+1. The first-order chi connectivity index (χ1) is 12.4. The molecular weight excluding hydrogens is 485 g/mol. The molecule has 0 saturated carbocycles.